The maximum atomic E-state index is 13.9. The van der Waals surface area contributed by atoms with E-state index in [4.69, 9.17) is 0 Å². The maximum Gasteiger partial charge on any atom is 0.337 e. The molecule has 0 bridgehead atoms. The van der Waals surface area contributed by atoms with Gasteiger partial charge in [-0.1, -0.05) is 12.1 Å². The van der Waals surface area contributed by atoms with Crippen molar-refractivity contribution in [2.24, 2.45) is 0 Å². The van der Waals surface area contributed by atoms with Crippen LogP contribution in [0.3, 0.4) is 0 Å². The van der Waals surface area contributed by atoms with Gasteiger partial charge in [0, 0.05) is 31.9 Å². The van der Waals surface area contributed by atoms with Crippen LogP contribution in [0.5, 0.6) is 0 Å². The molecule has 2 aromatic carbocycles. The zero-order valence-electron chi connectivity index (χ0n) is 15.2. The zero-order chi connectivity index (χ0) is 19.2. The van der Waals surface area contributed by atoms with E-state index in [0.717, 1.165) is 5.69 Å². The van der Waals surface area contributed by atoms with Crippen LogP contribution in [0.25, 0.3) is 0 Å². The number of nitrogens with one attached hydrogen (secondary N) is 1. The number of esters is 1. The summed E-state index contributed by atoms with van der Waals surface area (Å²) in [6, 6.07) is 13.4. The van der Waals surface area contributed by atoms with E-state index in [1.54, 1.807) is 41.3 Å². The Kier molecular flexibility index (Phi) is 5.90. The lowest BCUT2D eigenvalue weighted by atomic mass is 10.2. The van der Waals surface area contributed by atoms with Crippen LogP contribution in [-0.2, 0) is 9.53 Å². The molecule has 0 spiro atoms. The molecule has 0 radical (unpaired) electrons. The Hall–Kier alpha value is -3.09. The van der Waals surface area contributed by atoms with Gasteiger partial charge in [-0.25, -0.2) is 9.18 Å². The molecule has 0 aromatic heterocycles. The number of ether oxygens (including phenoxy) is 1. The van der Waals surface area contributed by atoms with Crippen molar-refractivity contribution in [3.8, 4) is 0 Å². The van der Waals surface area contributed by atoms with Crippen molar-refractivity contribution in [2.45, 2.75) is 0 Å². The highest BCUT2D eigenvalue weighted by Crippen LogP contribution is 2.20. The van der Waals surface area contributed by atoms with Crippen LogP contribution in [0.2, 0.25) is 0 Å². The van der Waals surface area contributed by atoms with Gasteiger partial charge in [0.2, 0.25) is 5.91 Å². The molecule has 1 aliphatic rings. The van der Waals surface area contributed by atoms with E-state index in [0.29, 0.717) is 37.4 Å². The average molecular weight is 371 g/mol. The third-order valence-corrected chi connectivity index (χ3v) is 4.58. The summed E-state index contributed by atoms with van der Waals surface area (Å²) in [6.07, 6.45) is 0. The minimum Gasteiger partial charge on any atom is -0.465 e. The first kappa shape index (κ1) is 18.7. The predicted molar refractivity (Wildman–Crippen MR) is 101 cm³/mol. The van der Waals surface area contributed by atoms with Crippen molar-refractivity contribution in [3.63, 3.8) is 0 Å². The number of nitrogens with zero attached hydrogens (tertiary/aromatic N) is 2. The summed E-state index contributed by atoms with van der Waals surface area (Å²) < 4.78 is 18.5. The minimum absolute atomic E-state index is 0.0137. The number of hydrogen-bond acceptors (Lipinski definition) is 5. The van der Waals surface area contributed by atoms with Crippen LogP contribution in [0, 0.1) is 5.82 Å². The number of halogens is 1. The van der Waals surface area contributed by atoms with Gasteiger partial charge in [0.05, 0.1) is 24.9 Å². The van der Waals surface area contributed by atoms with E-state index in [9.17, 15) is 14.0 Å². The van der Waals surface area contributed by atoms with Crippen LogP contribution < -0.4 is 10.2 Å². The summed E-state index contributed by atoms with van der Waals surface area (Å²) in [5, 5.41) is 3.06. The lowest BCUT2D eigenvalue weighted by molar-refractivity contribution is -0.129. The molecule has 1 saturated heterocycles. The molecule has 0 aliphatic carbocycles. The summed E-state index contributed by atoms with van der Waals surface area (Å²) in [5.41, 5.74) is 1.79. The number of rotatable bonds is 5. The Balaban J connectivity index is 1.48. The molecule has 0 unspecified atom stereocenters. The highest BCUT2D eigenvalue weighted by molar-refractivity contribution is 5.89. The van der Waals surface area contributed by atoms with Gasteiger partial charge in [-0.05, 0) is 36.4 Å². The SMILES string of the molecule is COC(=O)c1ccc(NCC(=O)N2CCN(c3ccccc3F)CC2)cc1. The summed E-state index contributed by atoms with van der Waals surface area (Å²) in [7, 11) is 1.33. The third-order valence-electron chi connectivity index (χ3n) is 4.58. The van der Waals surface area contributed by atoms with Gasteiger partial charge < -0.3 is 19.9 Å². The quantitative estimate of drug-likeness (QED) is 0.818. The number of para-hydroxylation sites is 1. The zero-order valence-corrected chi connectivity index (χ0v) is 15.2. The standard InChI is InChI=1S/C20H22FN3O3/c1-27-20(26)15-6-8-16(9-7-15)22-14-19(25)24-12-10-23(11-13-24)18-5-3-2-4-17(18)21/h2-9,22H,10-14H2,1H3. The van der Waals surface area contributed by atoms with Gasteiger partial charge in [0.15, 0.2) is 0 Å². The Morgan fingerprint density at radius 2 is 1.70 bits per heavy atom. The molecule has 1 heterocycles. The molecule has 7 heteroatoms. The van der Waals surface area contributed by atoms with Gasteiger partial charge in [-0.3, -0.25) is 4.79 Å². The minimum atomic E-state index is -0.398. The number of anilines is 2. The van der Waals surface area contributed by atoms with Crippen LogP contribution in [-0.4, -0.2) is 56.6 Å². The first-order chi connectivity index (χ1) is 13.1. The van der Waals surface area contributed by atoms with Gasteiger partial charge in [-0.15, -0.1) is 0 Å². The highest BCUT2D eigenvalue weighted by Gasteiger charge is 2.22. The smallest absolute Gasteiger partial charge is 0.337 e. The van der Waals surface area contributed by atoms with Crippen molar-refractivity contribution >= 4 is 23.3 Å². The number of piperazine rings is 1. The number of carbonyl (C=O) groups is 2. The van der Waals surface area contributed by atoms with Crippen LogP contribution in [0.4, 0.5) is 15.8 Å². The maximum absolute atomic E-state index is 13.9. The number of hydrogen-bond donors (Lipinski definition) is 1. The molecule has 0 saturated carbocycles. The van der Waals surface area contributed by atoms with Gasteiger partial charge in [-0.2, -0.15) is 0 Å². The van der Waals surface area contributed by atoms with Gasteiger partial charge in [0.1, 0.15) is 5.82 Å². The Morgan fingerprint density at radius 1 is 1.04 bits per heavy atom. The van der Waals surface area contributed by atoms with E-state index >= 15 is 0 Å². The summed E-state index contributed by atoms with van der Waals surface area (Å²) in [4.78, 5) is 27.5. The van der Waals surface area contributed by atoms with Crippen molar-refractivity contribution in [1.82, 2.24) is 4.90 Å². The number of amides is 1. The Labute approximate surface area is 157 Å². The number of methoxy groups -OCH3 is 1. The van der Waals surface area contributed by atoms with Crippen LogP contribution >= 0.6 is 0 Å². The fourth-order valence-electron chi connectivity index (χ4n) is 3.04. The summed E-state index contributed by atoms with van der Waals surface area (Å²) in [6.45, 7) is 2.46. The fraction of sp³-hybridized carbons (Fsp3) is 0.300. The number of benzene rings is 2. The van der Waals surface area contributed by atoms with Crippen molar-refractivity contribution in [3.05, 3.63) is 59.9 Å². The first-order valence-corrected chi connectivity index (χ1v) is 8.78. The van der Waals surface area contributed by atoms with E-state index in [-0.39, 0.29) is 18.3 Å². The molecule has 27 heavy (non-hydrogen) atoms. The second-order valence-corrected chi connectivity index (χ2v) is 6.24. The van der Waals surface area contributed by atoms with E-state index in [1.165, 1.54) is 13.2 Å². The van der Waals surface area contributed by atoms with Crippen LogP contribution in [0.15, 0.2) is 48.5 Å². The second kappa shape index (κ2) is 8.53. The highest BCUT2D eigenvalue weighted by atomic mass is 19.1. The van der Waals surface area contributed by atoms with Crippen LogP contribution in [0.1, 0.15) is 10.4 Å². The molecular weight excluding hydrogens is 349 g/mol. The molecule has 6 nitrogen and oxygen atoms in total. The Morgan fingerprint density at radius 3 is 2.33 bits per heavy atom. The lowest BCUT2D eigenvalue weighted by Crippen LogP contribution is -2.50. The molecule has 142 valence electrons. The second-order valence-electron chi connectivity index (χ2n) is 6.24. The third kappa shape index (κ3) is 4.55. The van der Waals surface area contributed by atoms with Crippen molar-refractivity contribution < 1.29 is 18.7 Å². The topological polar surface area (TPSA) is 61.9 Å². The molecule has 0 atom stereocenters. The van der Waals surface area contributed by atoms with Crippen molar-refractivity contribution in [1.29, 1.82) is 0 Å². The van der Waals surface area contributed by atoms with Gasteiger partial charge >= 0.3 is 5.97 Å². The molecule has 2 aromatic rings. The van der Waals surface area contributed by atoms with Gasteiger partial charge in [0.25, 0.3) is 0 Å². The van der Waals surface area contributed by atoms with E-state index < -0.39 is 5.97 Å². The molecular formula is C20H22FN3O3. The predicted octanol–water partition coefficient (Wildman–Crippen LogP) is 2.37. The summed E-state index contributed by atoms with van der Waals surface area (Å²) >= 11 is 0. The lowest BCUT2D eigenvalue weighted by Gasteiger charge is -2.36. The molecule has 1 fully saturated rings. The average Bonchev–Trinajstić information content (AvgIpc) is 2.72. The number of carbonyl (C=O) groups excluding carboxylic acids is 2. The molecule has 1 N–H and O–H groups in total. The normalized spacial score (nSPS) is 14.0. The molecule has 1 aliphatic heterocycles. The fourth-order valence-corrected chi connectivity index (χ4v) is 3.04. The largest absolute Gasteiger partial charge is 0.465 e. The first-order valence-electron chi connectivity index (χ1n) is 8.78. The van der Waals surface area contributed by atoms with Crippen molar-refractivity contribution in [2.75, 3.05) is 50.1 Å². The molecule has 3 rings (SSSR count). The van der Waals surface area contributed by atoms with E-state index in [1.807, 2.05) is 11.0 Å². The van der Waals surface area contributed by atoms with E-state index in [2.05, 4.69) is 10.1 Å². The summed E-state index contributed by atoms with van der Waals surface area (Å²) in [5.74, 6) is -0.653. The monoisotopic (exact) mass is 371 g/mol. The molecule has 1 amide bonds. The Bertz CT molecular complexity index is 802.